The zero-order chi connectivity index (χ0) is 12.1. The van der Waals surface area contributed by atoms with Crippen LogP contribution in [0.3, 0.4) is 0 Å². The Kier molecular flexibility index (Phi) is 4.20. The summed E-state index contributed by atoms with van der Waals surface area (Å²) in [5.74, 6) is 0. The molecule has 5 heteroatoms. The van der Waals surface area contributed by atoms with Crippen LogP contribution in [0.4, 0.5) is 5.69 Å². The fourth-order valence-corrected chi connectivity index (χ4v) is 1.72. The standard InChI is InChI=1S/C12H10Cl2N2O/c13-10-6-15-7-11(14)12(10)16-17-8-9-4-2-1-3-5-9/h1-7H,8H2,(H,15,16). The van der Waals surface area contributed by atoms with Crippen LogP contribution in [0.25, 0.3) is 0 Å². The Labute approximate surface area is 109 Å². The van der Waals surface area contributed by atoms with E-state index in [1.807, 2.05) is 30.3 Å². The third-order valence-corrected chi connectivity index (χ3v) is 2.68. The molecule has 0 unspecified atom stereocenters. The molecule has 0 saturated heterocycles. The Balaban J connectivity index is 1.95. The second-order valence-electron chi connectivity index (χ2n) is 3.35. The van der Waals surface area contributed by atoms with Gasteiger partial charge in [0.2, 0.25) is 0 Å². The van der Waals surface area contributed by atoms with E-state index in [4.69, 9.17) is 28.0 Å². The first-order chi connectivity index (χ1) is 8.27. The molecule has 2 rings (SSSR count). The number of hydrogen-bond acceptors (Lipinski definition) is 3. The Morgan fingerprint density at radius 3 is 2.35 bits per heavy atom. The molecule has 0 aliphatic carbocycles. The summed E-state index contributed by atoms with van der Waals surface area (Å²) in [5, 5.41) is 0.844. The van der Waals surface area contributed by atoms with Crippen molar-refractivity contribution in [1.29, 1.82) is 0 Å². The lowest BCUT2D eigenvalue weighted by Crippen LogP contribution is -2.02. The minimum absolute atomic E-state index is 0.422. The molecule has 0 aliphatic heterocycles. The molecule has 0 amide bonds. The molecule has 0 bridgehead atoms. The first-order valence-corrected chi connectivity index (χ1v) is 5.73. The van der Waals surface area contributed by atoms with E-state index in [1.165, 1.54) is 12.4 Å². The summed E-state index contributed by atoms with van der Waals surface area (Å²) in [6, 6.07) is 9.79. The van der Waals surface area contributed by atoms with Gasteiger partial charge in [0.05, 0.1) is 16.7 Å². The monoisotopic (exact) mass is 268 g/mol. The second-order valence-corrected chi connectivity index (χ2v) is 4.17. The number of anilines is 1. The highest BCUT2D eigenvalue weighted by Crippen LogP contribution is 2.28. The summed E-state index contributed by atoms with van der Waals surface area (Å²) in [7, 11) is 0. The van der Waals surface area contributed by atoms with Gasteiger partial charge in [0, 0.05) is 12.4 Å². The number of hydrogen-bond donors (Lipinski definition) is 1. The van der Waals surface area contributed by atoms with Crippen LogP contribution < -0.4 is 5.48 Å². The zero-order valence-electron chi connectivity index (χ0n) is 8.86. The van der Waals surface area contributed by atoms with Crippen LogP contribution in [0.2, 0.25) is 10.0 Å². The number of aromatic nitrogens is 1. The fraction of sp³-hybridized carbons (Fsp3) is 0.0833. The lowest BCUT2D eigenvalue weighted by Gasteiger charge is -2.09. The summed E-state index contributed by atoms with van der Waals surface area (Å²) >= 11 is 11.8. The van der Waals surface area contributed by atoms with Crippen LogP contribution in [-0.4, -0.2) is 4.98 Å². The van der Waals surface area contributed by atoms with E-state index in [-0.39, 0.29) is 0 Å². The summed E-state index contributed by atoms with van der Waals surface area (Å²) < 4.78 is 0. The molecule has 0 fully saturated rings. The topological polar surface area (TPSA) is 34.2 Å². The zero-order valence-corrected chi connectivity index (χ0v) is 10.4. The second kappa shape index (κ2) is 5.87. The van der Waals surface area contributed by atoms with Gasteiger partial charge in [0.25, 0.3) is 0 Å². The van der Waals surface area contributed by atoms with Gasteiger partial charge in [-0.05, 0) is 5.56 Å². The van der Waals surface area contributed by atoms with Gasteiger partial charge in [0.1, 0.15) is 5.69 Å². The lowest BCUT2D eigenvalue weighted by molar-refractivity contribution is 0.180. The van der Waals surface area contributed by atoms with E-state index in [2.05, 4.69) is 10.5 Å². The first-order valence-electron chi connectivity index (χ1n) is 4.98. The van der Waals surface area contributed by atoms with Crippen molar-refractivity contribution in [2.24, 2.45) is 0 Å². The van der Waals surface area contributed by atoms with Crippen LogP contribution in [-0.2, 0) is 11.4 Å². The maximum Gasteiger partial charge on any atom is 0.101 e. The van der Waals surface area contributed by atoms with Crippen molar-refractivity contribution < 1.29 is 4.84 Å². The van der Waals surface area contributed by atoms with Crippen LogP contribution in [0, 0.1) is 0 Å². The van der Waals surface area contributed by atoms with E-state index in [9.17, 15) is 0 Å². The van der Waals surface area contributed by atoms with E-state index in [0.29, 0.717) is 22.3 Å². The molecule has 1 heterocycles. The van der Waals surface area contributed by atoms with Crippen LogP contribution in [0.15, 0.2) is 42.7 Å². The Hall–Kier alpha value is -1.29. The lowest BCUT2D eigenvalue weighted by atomic mass is 10.2. The highest BCUT2D eigenvalue weighted by Gasteiger charge is 2.05. The van der Waals surface area contributed by atoms with E-state index in [1.54, 1.807) is 0 Å². The van der Waals surface area contributed by atoms with Crippen molar-refractivity contribution in [3.8, 4) is 0 Å². The van der Waals surface area contributed by atoms with Gasteiger partial charge in [-0.3, -0.25) is 15.3 Å². The van der Waals surface area contributed by atoms with Gasteiger partial charge in [-0.1, -0.05) is 53.5 Å². The maximum atomic E-state index is 5.92. The Bertz CT molecular complexity index is 471. The summed E-state index contributed by atoms with van der Waals surface area (Å²) in [6.07, 6.45) is 3.00. The molecule has 17 heavy (non-hydrogen) atoms. The largest absolute Gasteiger partial charge is 0.271 e. The van der Waals surface area contributed by atoms with Gasteiger partial charge in [0.15, 0.2) is 0 Å². The summed E-state index contributed by atoms with van der Waals surface area (Å²) in [6.45, 7) is 0.426. The molecule has 0 spiro atoms. The van der Waals surface area contributed by atoms with Gasteiger partial charge >= 0.3 is 0 Å². The van der Waals surface area contributed by atoms with Crippen molar-refractivity contribution in [1.82, 2.24) is 4.98 Å². The van der Waals surface area contributed by atoms with E-state index < -0.39 is 0 Å². The number of rotatable bonds is 4. The number of benzene rings is 1. The molecule has 0 radical (unpaired) electrons. The predicted octanol–water partition coefficient (Wildman–Crippen LogP) is 3.93. The fourth-order valence-electron chi connectivity index (χ4n) is 1.27. The maximum absolute atomic E-state index is 5.92. The van der Waals surface area contributed by atoms with Gasteiger partial charge in [-0.25, -0.2) is 0 Å². The molecule has 3 nitrogen and oxygen atoms in total. The number of nitrogens with zero attached hydrogens (tertiary/aromatic N) is 1. The van der Waals surface area contributed by atoms with Crippen molar-refractivity contribution >= 4 is 28.9 Å². The summed E-state index contributed by atoms with van der Waals surface area (Å²) in [4.78, 5) is 9.17. The summed E-state index contributed by atoms with van der Waals surface area (Å²) in [5.41, 5.74) is 4.31. The SMILES string of the molecule is Clc1cncc(Cl)c1NOCc1ccccc1. The minimum atomic E-state index is 0.422. The Morgan fingerprint density at radius 1 is 1.06 bits per heavy atom. The smallest absolute Gasteiger partial charge is 0.101 e. The van der Waals surface area contributed by atoms with Crippen LogP contribution in [0.5, 0.6) is 0 Å². The number of halogens is 2. The third-order valence-electron chi connectivity index (χ3n) is 2.11. The third kappa shape index (κ3) is 3.33. The van der Waals surface area contributed by atoms with Gasteiger partial charge < -0.3 is 0 Å². The minimum Gasteiger partial charge on any atom is -0.271 e. The molecule has 0 saturated carbocycles. The first kappa shape index (κ1) is 12.2. The Morgan fingerprint density at radius 2 is 1.71 bits per heavy atom. The molecule has 1 aromatic heterocycles. The molecular weight excluding hydrogens is 259 g/mol. The average Bonchev–Trinajstić information content (AvgIpc) is 2.34. The molecule has 1 N–H and O–H groups in total. The highest BCUT2D eigenvalue weighted by atomic mass is 35.5. The number of pyridine rings is 1. The molecule has 0 aliphatic rings. The predicted molar refractivity (Wildman–Crippen MR) is 69.1 cm³/mol. The van der Waals surface area contributed by atoms with Gasteiger partial charge in [-0.2, -0.15) is 0 Å². The quantitative estimate of drug-likeness (QED) is 0.854. The van der Waals surface area contributed by atoms with Crippen LogP contribution >= 0.6 is 23.2 Å². The van der Waals surface area contributed by atoms with E-state index in [0.717, 1.165) is 5.56 Å². The van der Waals surface area contributed by atoms with Crippen LogP contribution in [0.1, 0.15) is 5.56 Å². The number of nitrogens with one attached hydrogen (secondary N) is 1. The van der Waals surface area contributed by atoms with Gasteiger partial charge in [-0.15, -0.1) is 0 Å². The van der Waals surface area contributed by atoms with Crippen molar-refractivity contribution in [2.45, 2.75) is 6.61 Å². The molecule has 88 valence electrons. The molecular formula is C12H10Cl2N2O. The molecule has 1 aromatic carbocycles. The van der Waals surface area contributed by atoms with Crippen molar-refractivity contribution in [3.63, 3.8) is 0 Å². The molecule has 2 aromatic rings. The average molecular weight is 269 g/mol. The normalized spacial score (nSPS) is 10.2. The highest BCUT2D eigenvalue weighted by molar-refractivity contribution is 6.38. The molecule has 0 atom stereocenters. The van der Waals surface area contributed by atoms with Crippen molar-refractivity contribution in [2.75, 3.05) is 5.48 Å². The van der Waals surface area contributed by atoms with Crippen molar-refractivity contribution in [3.05, 3.63) is 58.3 Å². The van der Waals surface area contributed by atoms with E-state index >= 15 is 0 Å².